The molecule has 204 valence electrons. The second-order valence-electron chi connectivity index (χ2n) is 9.59. The summed E-state index contributed by atoms with van der Waals surface area (Å²) in [6, 6.07) is 5.54. The van der Waals surface area contributed by atoms with Crippen molar-refractivity contribution >= 4 is 5.97 Å². The molecule has 1 aromatic carbocycles. The van der Waals surface area contributed by atoms with Gasteiger partial charge in [-0.15, -0.1) is 0 Å². The molecule has 4 N–H and O–H groups in total. The maximum Gasteiger partial charge on any atom is 0.335 e. The lowest BCUT2D eigenvalue weighted by atomic mass is 10.0. The molecule has 0 saturated heterocycles. The fourth-order valence-electron chi connectivity index (χ4n) is 3.98. The lowest BCUT2D eigenvalue weighted by molar-refractivity contribution is -0.976. The van der Waals surface area contributed by atoms with Gasteiger partial charge in [0.1, 0.15) is 0 Å². The molecule has 0 aliphatic heterocycles. The number of aromatic carboxylic acids is 1. The number of aliphatic hydroxyl groups is 3. The summed E-state index contributed by atoms with van der Waals surface area (Å²) in [5, 5.41) is 46.8. The molecule has 0 spiro atoms. The molecular weight excluding hydrogens is 446 g/mol. The highest BCUT2D eigenvalue weighted by Gasteiger charge is 2.23. The van der Waals surface area contributed by atoms with Gasteiger partial charge in [0.2, 0.25) is 0 Å². The quantitative estimate of drug-likeness (QED) is 0.103. The van der Waals surface area contributed by atoms with Crippen LogP contribution in [0.2, 0.25) is 0 Å². The van der Waals surface area contributed by atoms with Crippen molar-refractivity contribution < 1.29 is 34.8 Å². The number of hydrogen-bond donors (Lipinski definition) is 4. The van der Waals surface area contributed by atoms with Crippen LogP contribution in [0.15, 0.2) is 24.3 Å². The Morgan fingerprint density at radius 2 is 1.06 bits per heavy atom. The molecule has 0 heterocycles. The number of rotatable bonds is 21. The van der Waals surface area contributed by atoms with E-state index in [1.807, 2.05) is 0 Å². The molecule has 0 saturated carbocycles. The summed E-state index contributed by atoms with van der Waals surface area (Å²) < 4.78 is -0.00139. The molecule has 0 aromatic heterocycles. The molecule has 35 heavy (non-hydrogen) atoms. The summed E-state index contributed by atoms with van der Waals surface area (Å²) >= 11 is 0. The van der Waals surface area contributed by atoms with Gasteiger partial charge in [0.05, 0.1) is 12.1 Å². The second-order valence-corrected chi connectivity index (χ2v) is 9.59. The molecule has 0 fully saturated rings. The number of aliphatic hydroxyl groups excluding tert-OH is 3. The first-order valence-electron chi connectivity index (χ1n) is 13.6. The average Bonchev–Trinajstić information content (AvgIpc) is 2.87. The maximum atomic E-state index is 10.7. The lowest BCUT2D eigenvalue weighted by Gasteiger charge is -2.31. The SMILES string of the molecule is CCCCCCCCCCCCCCCCCC[N+](CO)(CO)CO.O=C(O)c1ccccc1[O-]. The van der Waals surface area contributed by atoms with Crippen LogP contribution in [0, 0.1) is 0 Å². The van der Waals surface area contributed by atoms with Gasteiger partial charge in [0, 0.05) is 0 Å². The van der Waals surface area contributed by atoms with Crippen LogP contribution in [0.25, 0.3) is 0 Å². The Labute approximate surface area is 213 Å². The van der Waals surface area contributed by atoms with Crippen molar-refractivity contribution in [2.75, 3.05) is 26.7 Å². The van der Waals surface area contributed by atoms with E-state index in [1.165, 1.54) is 114 Å². The van der Waals surface area contributed by atoms with Crippen molar-refractivity contribution in [2.45, 2.75) is 110 Å². The molecular formula is C28H51NO6. The van der Waals surface area contributed by atoms with Gasteiger partial charge in [-0.25, -0.2) is 4.79 Å². The third-order valence-electron chi connectivity index (χ3n) is 6.50. The third-order valence-corrected chi connectivity index (χ3v) is 6.50. The molecule has 0 radical (unpaired) electrons. The first-order valence-corrected chi connectivity index (χ1v) is 13.6. The number of unbranched alkanes of at least 4 members (excludes halogenated alkanes) is 15. The number of carboxylic acids is 1. The minimum absolute atomic E-state index is 0.00139. The van der Waals surface area contributed by atoms with Crippen molar-refractivity contribution in [1.82, 2.24) is 0 Å². The summed E-state index contributed by atoms with van der Waals surface area (Å²) in [7, 11) is 0. The molecule has 0 bridgehead atoms. The predicted octanol–water partition coefficient (Wildman–Crippen LogP) is 5.37. The number of quaternary nitrogens is 1. The first-order chi connectivity index (χ1) is 17.0. The van der Waals surface area contributed by atoms with Crippen LogP contribution in [0.4, 0.5) is 0 Å². The van der Waals surface area contributed by atoms with Crippen LogP contribution < -0.4 is 5.11 Å². The second kappa shape index (κ2) is 22.8. The van der Waals surface area contributed by atoms with Crippen LogP contribution in [-0.4, -0.2) is 57.6 Å². The summed E-state index contributed by atoms with van der Waals surface area (Å²) in [6.07, 6.45) is 21.4. The first kappa shape index (κ1) is 33.3. The Morgan fingerprint density at radius 3 is 1.37 bits per heavy atom. The van der Waals surface area contributed by atoms with Crippen LogP contribution in [0.3, 0.4) is 0 Å². The molecule has 0 unspecified atom stereocenters. The highest BCUT2D eigenvalue weighted by Crippen LogP contribution is 2.15. The predicted molar refractivity (Wildman–Crippen MR) is 139 cm³/mol. The summed E-state index contributed by atoms with van der Waals surface area (Å²) in [6.45, 7) is 2.36. The Hall–Kier alpha value is -1.67. The topological polar surface area (TPSA) is 121 Å². The smallest absolute Gasteiger partial charge is 0.335 e. The van der Waals surface area contributed by atoms with Gasteiger partial charge >= 0.3 is 5.97 Å². The number of nitrogens with zero attached hydrogens (tertiary/aromatic N) is 1. The molecule has 1 aromatic rings. The van der Waals surface area contributed by atoms with Crippen LogP contribution >= 0.6 is 0 Å². The molecule has 7 heteroatoms. The van der Waals surface area contributed by atoms with Gasteiger partial charge < -0.3 is 25.5 Å². The summed E-state index contributed by atoms with van der Waals surface area (Å²) in [5.74, 6) is -1.62. The van der Waals surface area contributed by atoms with E-state index in [-0.39, 0.29) is 30.2 Å². The van der Waals surface area contributed by atoms with E-state index < -0.39 is 11.7 Å². The van der Waals surface area contributed by atoms with E-state index in [1.54, 1.807) is 0 Å². The van der Waals surface area contributed by atoms with Gasteiger partial charge in [-0.1, -0.05) is 121 Å². The van der Waals surface area contributed by atoms with Gasteiger partial charge in [0.15, 0.2) is 20.2 Å². The Balaban J connectivity index is 0.000000952. The number of benzene rings is 1. The molecule has 1 rings (SSSR count). The highest BCUT2D eigenvalue weighted by molar-refractivity contribution is 5.90. The van der Waals surface area contributed by atoms with Gasteiger partial charge in [-0.2, -0.15) is 0 Å². The zero-order chi connectivity index (χ0) is 26.2. The van der Waals surface area contributed by atoms with E-state index >= 15 is 0 Å². The Morgan fingerprint density at radius 1 is 0.686 bits per heavy atom. The van der Waals surface area contributed by atoms with E-state index in [0.717, 1.165) is 12.8 Å². The maximum absolute atomic E-state index is 10.7. The molecule has 7 nitrogen and oxygen atoms in total. The van der Waals surface area contributed by atoms with E-state index in [0.29, 0.717) is 6.54 Å². The van der Waals surface area contributed by atoms with Gasteiger partial charge in [-0.05, 0) is 18.9 Å². The molecule has 0 amide bonds. The van der Waals surface area contributed by atoms with Crippen LogP contribution in [-0.2, 0) is 0 Å². The summed E-state index contributed by atoms with van der Waals surface area (Å²) in [5.41, 5.74) is -0.178. The van der Waals surface area contributed by atoms with Gasteiger partial charge in [0.25, 0.3) is 0 Å². The largest absolute Gasteiger partial charge is 0.872 e. The van der Waals surface area contributed by atoms with E-state index in [2.05, 4.69) is 6.92 Å². The minimum atomic E-state index is -1.18. The number of carbonyl (C=O) groups is 1. The Bertz CT molecular complexity index is 613. The number of carboxylic acid groups (broad SMARTS) is 1. The number of hydrogen-bond acceptors (Lipinski definition) is 5. The monoisotopic (exact) mass is 497 g/mol. The summed E-state index contributed by atoms with van der Waals surface area (Å²) in [4.78, 5) is 10.2. The highest BCUT2D eigenvalue weighted by atomic mass is 16.4. The minimum Gasteiger partial charge on any atom is -0.872 e. The molecule has 0 aliphatic rings. The zero-order valence-corrected chi connectivity index (χ0v) is 22.0. The van der Waals surface area contributed by atoms with Crippen molar-refractivity contribution in [1.29, 1.82) is 0 Å². The number of para-hydroxylation sites is 1. The normalized spacial score (nSPS) is 11.2. The van der Waals surface area contributed by atoms with Gasteiger partial charge in [-0.3, -0.25) is 4.48 Å². The van der Waals surface area contributed by atoms with Crippen LogP contribution in [0.1, 0.15) is 120 Å². The third kappa shape index (κ3) is 17.4. The zero-order valence-electron chi connectivity index (χ0n) is 22.0. The standard InChI is InChI=1S/C21H46NO3.C7H6O3/c1-2-3-4-5-6-7-8-9-10-11-12-13-14-15-16-17-18-22(19-23,20-24)21-25;8-6-4-2-1-3-5(6)7(9)10/h23-25H,2-21H2,1H3;1-4,8H,(H,9,10)/q+1;/p-1. The van der Waals surface area contributed by atoms with Crippen molar-refractivity contribution in [3.05, 3.63) is 29.8 Å². The fraction of sp³-hybridized carbons (Fsp3) is 0.750. The van der Waals surface area contributed by atoms with E-state index in [4.69, 9.17) is 5.11 Å². The van der Waals surface area contributed by atoms with E-state index in [9.17, 15) is 25.2 Å². The fourth-order valence-corrected chi connectivity index (χ4v) is 3.98. The van der Waals surface area contributed by atoms with Crippen LogP contribution in [0.5, 0.6) is 5.75 Å². The average molecular weight is 498 g/mol. The van der Waals surface area contributed by atoms with Crippen molar-refractivity contribution in [2.24, 2.45) is 0 Å². The molecule has 0 aliphatic carbocycles. The lowest BCUT2D eigenvalue weighted by Crippen LogP contribution is -2.50. The molecule has 0 atom stereocenters. The van der Waals surface area contributed by atoms with Crippen molar-refractivity contribution in [3.8, 4) is 5.75 Å². The van der Waals surface area contributed by atoms with Crippen molar-refractivity contribution in [3.63, 3.8) is 0 Å². The Kier molecular flexibility index (Phi) is 21.7.